The fourth-order valence-electron chi connectivity index (χ4n) is 0.736. The Morgan fingerprint density at radius 2 is 2.00 bits per heavy atom. The summed E-state index contributed by atoms with van der Waals surface area (Å²) in [7, 11) is 0. The third kappa shape index (κ3) is 7.69. The maximum atomic E-state index is 10.9. The first kappa shape index (κ1) is 13.6. The molecule has 0 bridgehead atoms. The Kier molecular flexibility index (Phi) is 7.27. The molecule has 0 atom stereocenters. The van der Waals surface area contributed by atoms with E-state index in [2.05, 4.69) is 11.9 Å². The van der Waals surface area contributed by atoms with E-state index in [-0.39, 0.29) is 19.1 Å². The van der Waals surface area contributed by atoms with Crippen LogP contribution in [0.15, 0.2) is 12.2 Å². The van der Waals surface area contributed by atoms with E-state index < -0.39 is 5.97 Å². The number of carbonyl (C=O) groups is 2. The van der Waals surface area contributed by atoms with E-state index >= 15 is 0 Å². The fourth-order valence-corrected chi connectivity index (χ4v) is 0.736. The summed E-state index contributed by atoms with van der Waals surface area (Å²) in [5, 5.41) is 2.78. The van der Waals surface area contributed by atoms with Crippen LogP contribution in [0, 0.1) is 0 Å². The fraction of sp³-hybridized carbons (Fsp3) is 0.600. The third-order valence-corrected chi connectivity index (χ3v) is 1.47. The summed E-state index contributed by atoms with van der Waals surface area (Å²) in [5.41, 5.74) is 0.349. The number of nitrogens with one attached hydrogen (secondary N) is 1. The number of carbonyl (C=O) groups excluding carboxylic acids is 2. The smallest absolute Gasteiger partial charge is 0.334 e. The molecule has 0 aromatic heterocycles. The van der Waals surface area contributed by atoms with Crippen molar-refractivity contribution in [2.75, 3.05) is 19.9 Å². The van der Waals surface area contributed by atoms with E-state index in [1.54, 1.807) is 13.8 Å². The highest BCUT2D eigenvalue weighted by atomic mass is 16.5. The maximum Gasteiger partial charge on any atom is 0.334 e. The lowest BCUT2D eigenvalue weighted by molar-refractivity contribution is -0.143. The van der Waals surface area contributed by atoms with Crippen molar-refractivity contribution < 1.29 is 19.1 Å². The Morgan fingerprint density at radius 1 is 1.33 bits per heavy atom. The summed E-state index contributed by atoms with van der Waals surface area (Å²) in [5.74, 6) is -0.713. The quantitative estimate of drug-likeness (QED) is 0.292. The molecule has 1 N–H and O–H groups in total. The predicted octanol–water partition coefficient (Wildman–Crippen LogP) is 0.606. The lowest BCUT2D eigenvalue weighted by atomic mass is 10.4. The van der Waals surface area contributed by atoms with Crippen LogP contribution in [0.4, 0.5) is 0 Å². The van der Waals surface area contributed by atoms with Crippen LogP contribution in [-0.4, -0.2) is 31.8 Å². The first-order valence-electron chi connectivity index (χ1n) is 4.77. The molecule has 0 amide bonds. The molecule has 0 saturated carbocycles. The molecule has 5 nitrogen and oxygen atoms in total. The molecule has 86 valence electrons. The minimum absolute atomic E-state index is 0.0745. The Bertz CT molecular complexity index is 238. The minimum Gasteiger partial charge on any atom is -0.466 e. The minimum atomic E-state index is -0.446. The lowest BCUT2D eigenvalue weighted by Gasteiger charge is -2.05. The second kappa shape index (κ2) is 7.99. The topological polar surface area (TPSA) is 64.6 Å². The summed E-state index contributed by atoms with van der Waals surface area (Å²) >= 11 is 0. The van der Waals surface area contributed by atoms with Crippen molar-refractivity contribution in [3.8, 4) is 0 Å². The van der Waals surface area contributed by atoms with Crippen molar-refractivity contribution >= 4 is 11.9 Å². The van der Waals surface area contributed by atoms with Crippen molar-refractivity contribution in [3.63, 3.8) is 0 Å². The SMILES string of the molecule is C=C(C)C(=O)OCNCCC(=O)OCC. The van der Waals surface area contributed by atoms with Crippen LogP contribution in [-0.2, 0) is 19.1 Å². The predicted molar refractivity (Wildman–Crippen MR) is 55.0 cm³/mol. The van der Waals surface area contributed by atoms with E-state index in [4.69, 9.17) is 9.47 Å². The summed E-state index contributed by atoms with van der Waals surface area (Å²) in [4.78, 5) is 21.8. The van der Waals surface area contributed by atoms with Crippen LogP contribution in [0.5, 0.6) is 0 Å². The summed E-state index contributed by atoms with van der Waals surface area (Å²) in [6.07, 6.45) is 0.262. The van der Waals surface area contributed by atoms with E-state index in [9.17, 15) is 9.59 Å². The van der Waals surface area contributed by atoms with E-state index in [1.165, 1.54) is 0 Å². The van der Waals surface area contributed by atoms with Gasteiger partial charge >= 0.3 is 11.9 Å². The van der Waals surface area contributed by atoms with Gasteiger partial charge in [0.25, 0.3) is 0 Å². The van der Waals surface area contributed by atoms with E-state index in [0.717, 1.165) is 0 Å². The molecule has 0 aliphatic heterocycles. The Labute approximate surface area is 89.4 Å². The molecule has 0 heterocycles. The van der Waals surface area contributed by atoms with Gasteiger partial charge in [0, 0.05) is 12.1 Å². The standard InChI is InChI=1S/C10H17NO4/c1-4-14-9(12)5-6-11-7-15-10(13)8(2)3/h11H,2,4-7H2,1,3H3. The van der Waals surface area contributed by atoms with Crippen molar-refractivity contribution in [2.24, 2.45) is 0 Å². The van der Waals surface area contributed by atoms with Crippen molar-refractivity contribution in [1.82, 2.24) is 5.32 Å². The lowest BCUT2D eigenvalue weighted by Crippen LogP contribution is -2.24. The maximum absolute atomic E-state index is 10.9. The number of hydrogen-bond acceptors (Lipinski definition) is 5. The monoisotopic (exact) mass is 215 g/mol. The molecule has 0 aliphatic rings. The summed E-state index contributed by atoms with van der Waals surface area (Å²) in [6, 6.07) is 0. The molecule has 0 aromatic rings. The third-order valence-electron chi connectivity index (χ3n) is 1.47. The number of ether oxygens (including phenoxy) is 2. The van der Waals surface area contributed by atoms with Gasteiger partial charge in [0.15, 0.2) is 0 Å². The normalized spacial score (nSPS) is 9.47. The average molecular weight is 215 g/mol. The molecular weight excluding hydrogens is 198 g/mol. The van der Waals surface area contributed by atoms with Gasteiger partial charge in [-0.05, 0) is 13.8 Å². The van der Waals surface area contributed by atoms with Crippen LogP contribution in [0.1, 0.15) is 20.3 Å². The van der Waals surface area contributed by atoms with Gasteiger partial charge in [-0.3, -0.25) is 10.1 Å². The van der Waals surface area contributed by atoms with E-state index in [1.807, 2.05) is 0 Å². The molecule has 0 saturated heterocycles. The molecule has 15 heavy (non-hydrogen) atoms. The summed E-state index contributed by atoms with van der Waals surface area (Å²) < 4.78 is 9.45. The summed E-state index contributed by atoms with van der Waals surface area (Å²) in [6.45, 7) is 7.62. The molecular formula is C10H17NO4. The van der Waals surface area contributed by atoms with E-state index in [0.29, 0.717) is 18.7 Å². The van der Waals surface area contributed by atoms with Gasteiger partial charge in [-0.2, -0.15) is 0 Å². The average Bonchev–Trinajstić information content (AvgIpc) is 2.17. The van der Waals surface area contributed by atoms with Gasteiger partial charge in [0.1, 0.15) is 6.73 Å². The van der Waals surface area contributed by atoms with Crippen LogP contribution >= 0.6 is 0 Å². The molecule has 0 aromatic carbocycles. The molecule has 0 spiro atoms. The zero-order valence-corrected chi connectivity index (χ0v) is 9.17. The van der Waals surface area contributed by atoms with Crippen LogP contribution in [0.2, 0.25) is 0 Å². The molecule has 0 aliphatic carbocycles. The Hall–Kier alpha value is -1.36. The first-order valence-corrected chi connectivity index (χ1v) is 4.77. The van der Waals surface area contributed by atoms with Crippen LogP contribution < -0.4 is 5.32 Å². The van der Waals surface area contributed by atoms with Crippen molar-refractivity contribution in [2.45, 2.75) is 20.3 Å². The highest BCUT2D eigenvalue weighted by Gasteiger charge is 2.03. The number of rotatable bonds is 7. The molecule has 5 heteroatoms. The molecule has 0 unspecified atom stereocenters. The zero-order valence-electron chi connectivity index (χ0n) is 9.17. The van der Waals surface area contributed by atoms with Gasteiger partial charge in [0.05, 0.1) is 13.0 Å². The second-order valence-corrected chi connectivity index (χ2v) is 2.91. The molecule has 0 rings (SSSR count). The highest BCUT2D eigenvalue weighted by Crippen LogP contribution is 1.90. The first-order chi connectivity index (χ1) is 7.07. The van der Waals surface area contributed by atoms with Gasteiger partial charge in [-0.25, -0.2) is 4.79 Å². The van der Waals surface area contributed by atoms with Gasteiger partial charge < -0.3 is 9.47 Å². The molecule has 0 radical (unpaired) electrons. The van der Waals surface area contributed by atoms with Crippen molar-refractivity contribution in [1.29, 1.82) is 0 Å². The van der Waals surface area contributed by atoms with Crippen molar-refractivity contribution in [3.05, 3.63) is 12.2 Å². The Balaban J connectivity index is 3.36. The van der Waals surface area contributed by atoms with Crippen LogP contribution in [0.3, 0.4) is 0 Å². The number of esters is 2. The number of hydrogen-bond donors (Lipinski definition) is 1. The van der Waals surface area contributed by atoms with Crippen LogP contribution in [0.25, 0.3) is 0 Å². The second-order valence-electron chi connectivity index (χ2n) is 2.91. The van der Waals surface area contributed by atoms with Gasteiger partial charge in [-0.15, -0.1) is 0 Å². The van der Waals surface area contributed by atoms with Gasteiger partial charge in [-0.1, -0.05) is 6.58 Å². The molecule has 0 fully saturated rings. The largest absolute Gasteiger partial charge is 0.466 e. The highest BCUT2D eigenvalue weighted by molar-refractivity contribution is 5.86. The Morgan fingerprint density at radius 3 is 2.53 bits per heavy atom. The zero-order chi connectivity index (χ0) is 11.7. The van der Waals surface area contributed by atoms with Gasteiger partial charge in [0.2, 0.25) is 0 Å².